The number of nitrogens with zero attached hydrogens (tertiary/aromatic N) is 5. The summed E-state index contributed by atoms with van der Waals surface area (Å²) in [5.74, 6) is 1.70. The zero-order chi connectivity index (χ0) is 17.3. The van der Waals surface area contributed by atoms with Gasteiger partial charge in [0.05, 0.1) is 12.7 Å². The molecular formula is C19H32N6. The molecule has 0 spiro atoms. The third-order valence-electron chi connectivity index (χ3n) is 5.35. The molecule has 2 aromatic heterocycles. The van der Waals surface area contributed by atoms with Gasteiger partial charge < -0.3 is 19.4 Å². The second kappa shape index (κ2) is 9.73. The van der Waals surface area contributed by atoms with Crippen LogP contribution in [-0.4, -0.2) is 57.2 Å². The third-order valence-corrected chi connectivity index (χ3v) is 5.35. The van der Waals surface area contributed by atoms with Gasteiger partial charge in [0.2, 0.25) is 0 Å². The molecule has 25 heavy (non-hydrogen) atoms. The molecule has 0 atom stereocenters. The Morgan fingerprint density at radius 3 is 1.84 bits per heavy atom. The van der Waals surface area contributed by atoms with Gasteiger partial charge in [-0.25, -0.2) is 9.97 Å². The van der Waals surface area contributed by atoms with Gasteiger partial charge in [-0.05, 0) is 70.7 Å². The Balaban J connectivity index is 0.000000146. The van der Waals surface area contributed by atoms with Crippen molar-refractivity contribution in [1.29, 1.82) is 0 Å². The molecule has 6 heteroatoms. The first-order valence-corrected chi connectivity index (χ1v) is 9.60. The van der Waals surface area contributed by atoms with Crippen molar-refractivity contribution in [2.45, 2.75) is 38.8 Å². The molecule has 2 aliphatic heterocycles. The Kier molecular flexibility index (Phi) is 7.06. The summed E-state index contributed by atoms with van der Waals surface area (Å²) in [6.07, 6.45) is 16.9. The van der Waals surface area contributed by atoms with E-state index in [0.29, 0.717) is 0 Å². The SMILES string of the molecule is CN1CCC(Cn2ccnc2)CC1.c1cn(CC2CCNCC2)cn1. The van der Waals surface area contributed by atoms with Crippen molar-refractivity contribution >= 4 is 0 Å². The lowest BCUT2D eigenvalue weighted by Crippen LogP contribution is -2.31. The van der Waals surface area contributed by atoms with Gasteiger partial charge in [0.25, 0.3) is 0 Å². The van der Waals surface area contributed by atoms with Crippen LogP contribution in [0.25, 0.3) is 0 Å². The second-order valence-electron chi connectivity index (χ2n) is 7.46. The molecule has 4 heterocycles. The molecule has 0 bridgehead atoms. The van der Waals surface area contributed by atoms with Crippen LogP contribution >= 0.6 is 0 Å². The summed E-state index contributed by atoms with van der Waals surface area (Å²) in [7, 11) is 2.20. The lowest BCUT2D eigenvalue weighted by molar-refractivity contribution is 0.205. The van der Waals surface area contributed by atoms with Crippen LogP contribution in [0.5, 0.6) is 0 Å². The van der Waals surface area contributed by atoms with Gasteiger partial charge >= 0.3 is 0 Å². The molecular weight excluding hydrogens is 312 g/mol. The number of likely N-dealkylation sites (tertiary alicyclic amines) is 1. The Morgan fingerprint density at radius 1 is 0.840 bits per heavy atom. The zero-order valence-electron chi connectivity index (χ0n) is 15.4. The third kappa shape index (κ3) is 6.29. The molecule has 0 radical (unpaired) electrons. The highest BCUT2D eigenvalue weighted by Crippen LogP contribution is 2.17. The maximum atomic E-state index is 4.06. The predicted molar refractivity (Wildman–Crippen MR) is 100 cm³/mol. The van der Waals surface area contributed by atoms with Crippen LogP contribution in [0.15, 0.2) is 37.4 Å². The van der Waals surface area contributed by atoms with E-state index in [2.05, 4.69) is 42.6 Å². The van der Waals surface area contributed by atoms with E-state index in [-0.39, 0.29) is 0 Å². The molecule has 0 aromatic carbocycles. The number of imidazole rings is 2. The van der Waals surface area contributed by atoms with E-state index in [0.717, 1.165) is 24.9 Å². The zero-order valence-corrected chi connectivity index (χ0v) is 15.4. The van der Waals surface area contributed by atoms with E-state index in [4.69, 9.17) is 0 Å². The second-order valence-corrected chi connectivity index (χ2v) is 7.46. The molecule has 0 saturated carbocycles. The molecule has 6 nitrogen and oxygen atoms in total. The summed E-state index contributed by atoms with van der Waals surface area (Å²) < 4.78 is 4.37. The van der Waals surface area contributed by atoms with E-state index in [9.17, 15) is 0 Å². The van der Waals surface area contributed by atoms with Crippen molar-refractivity contribution in [3.63, 3.8) is 0 Å². The maximum Gasteiger partial charge on any atom is 0.0945 e. The Labute approximate surface area is 151 Å². The molecule has 2 fully saturated rings. The molecule has 2 aromatic rings. The fourth-order valence-corrected chi connectivity index (χ4v) is 3.69. The van der Waals surface area contributed by atoms with Gasteiger partial charge in [0, 0.05) is 37.9 Å². The summed E-state index contributed by atoms with van der Waals surface area (Å²) in [5.41, 5.74) is 0. The van der Waals surface area contributed by atoms with Gasteiger partial charge in [0.1, 0.15) is 0 Å². The average molecular weight is 345 g/mol. The monoisotopic (exact) mass is 344 g/mol. The van der Waals surface area contributed by atoms with Gasteiger partial charge in [-0.1, -0.05) is 0 Å². The number of hydrogen-bond acceptors (Lipinski definition) is 4. The molecule has 138 valence electrons. The van der Waals surface area contributed by atoms with Crippen LogP contribution < -0.4 is 5.32 Å². The standard InChI is InChI=1S/C10H17N3.C9H15N3/c1-12-5-2-10(3-6-12)8-13-7-4-11-9-13;1-3-10-4-2-9(1)7-12-6-5-11-8-12/h4,7,9-10H,2-3,5-6,8H2,1H3;5-6,8-10H,1-4,7H2. The van der Waals surface area contributed by atoms with Crippen LogP contribution in [0.4, 0.5) is 0 Å². The van der Waals surface area contributed by atoms with Gasteiger partial charge in [-0.2, -0.15) is 0 Å². The summed E-state index contributed by atoms with van der Waals surface area (Å²) in [6, 6.07) is 0. The first kappa shape index (κ1) is 18.1. The molecule has 2 saturated heterocycles. The fourth-order valence-electron chi connectivity index (χ4n) is 3.69. The molecule has 1 N–H and O–H groups in total. The van der Waals surface area contributed by atoms with Crippen molar-refractivity contribution in [2.75, 3.05) is 33.2 Å². The number of rotatable bonds is 4. The molecule has 0 amide bonds. The molecule has 0 unspecified atom stereocenters. The van der Waals surface area contributed by atoms with Gasteiger partial charge in [-0.15, -0.1) is 0 Å². The maximum absolute atomic E-state index is 4.06. The average Bonchev–Trinajstić information content (AvgIpc) is 3.33. The Bertz CT molecular complexity index is 551. The molecule has 2 aliphatic rings. The van der Waals surface area contributed by atoms with Gasteiger partial charge in [0.15, 0.2) is 0 Å². The van der Waals surface area contributed by atoms with Crippen molar-refractivity contribution in [2.24, 2.45) is 11.8 Å². The van der Waals surface area contributed by atoms with E-state index in [1.807, 2.05) is 31.2 Å². The normalized spacial score (nSPS) is 20.2. The van der Waals surface area contributed by atoms with Crippen LogP contribution in [0.1, 0.15) is 25.7 Å². The number of nitrogens with one attached hydrogen (secondary N) is 1. The fraction of sp³-hybridized carbons (Fsp3) is 0.684. The van der Waals surface area contributed by atoms with Gasteiger partial charge in [-0.3, -0.25) is 0 Å². The largest absolute Gasteiger partial charge is 0.337 e. The quantitative estimate of drug-likeness (QED) is 0.923. The summed E-state index contributed by atoms with van der Waals surface area (Å²) >= 11 is 0. The highest BCUT2D eigenvalue weighted by Gasteiger charge is 2.16. The number of hydrogen-bond donors (Lipinski definition) is 1. The van der Waals surface area contributed by atoms with Crippen molar-refractivity contribution in [3.8, 4) is 0 Å². The lowest BCUT2D eigenvalue weighted by Gasteiger charge is -2.28. The van der Waals surface area contributed by atoms with E-state index >= 15 is 0 Å². The Hall–Kier alpha value is -1.66. The molecule has 4 rings (SSSR count). The van der Waals surface area contributed by atoms with Crippen LogP contribution in [0.3, 0.4) is 0 Å². The summed E-state index contributed by atoms with van der Waals surface area (Å²) in [5, 5.41) is 3.37. The van der Waals surface area contributed by atoms with Crippen molar-refractivity contribution in [1.82, 2.24) is 29.3 Å². The van der Waals surface area contributed by atoms with E-state index in [1.165, 1.54) is 51.9 Å². The first-order valence-electron chi connectivity index (χ1n) is 9.60. The predicted octanol–water partition coefficient (Wildman–Crippen LogP) is 2.11. The summed E-state index contributed by atoms with van der Waals surface area (Å²) in [6.45, 7) is 7.15. The minimum atomic E-state index is 0.848. The number of aromatic nitrogens is 4. The van der Waals surface area contributed by atoms with Crippen LogP contribution in [0, 0.1) is 11.8 Å². The van der Waals surface area contributed by atoms with Crippen LogP contribution in [0.2, 0.25) is 0 Å². The smallest absolute Gasteiger partial charge is 0.0945 e. The minimum Gasteiger partial charge on any atom is -0.337 e. The Morgan fingerprint density at radius 2 is 1.36 bits per heavy atom. The van der Waals surface area contributed by atoms with E-state index in [1.54, 1.807) is 0 Å². The number of piperidine rings is 2. The van der Waals surface area contributed by atoms with E-state index < -0.39 is 0 Å². The van der Waals surface area contributed by atoms with Crippen LogP contribution in [-0.2, 0) is 13.1 Å². The highest BCUT2D eigenvalue weighted by atomic mass is 15.1. The lowest BCUT2D eigenvalue weighted by atomic mass is 9.97. The van der Waals surface area contributed by atoms with Crippen molar-refractivity contribution in [3.05, 3.63) is 37.4 Å². The summed E-state index contributed by atoms with van der Waals surface area (Å²) in [4.78, 5) is 10.5. The first-order chi connectivity index (χ1) is 12.3. The topological polar surface area (TPSA) is 50.9 Å². The molecule has 0 aliphatic carbocycles. The highest BCUT2D eigenvalue weighted by molar-refractivity contribution is 4.78. The minimum absolute atomic E-state index is 0.848. The van der Waals surface area contributed by atoms with Crippen molar-refractivity contribution < 1.29 is 0 Å².